The van der Waals surface area contributed by atoms with Gasteiger partial charge in [-0.05, 0) is 37.1 Å². The first-order chi connectivity index (χ1) is 10.6. The topological polar surface area (TPSA) is 83.5 Å². The fourth-order valence-electron chi connectivity index (χ4n) is 2.51. The Kier molecular flexibility index (Phi) is 3.50. The van der Waals surface area contributed by atoms with Crippen molar-refractivity contribution in [3.05, 3.63) is 69.9 Å². The van der Waals surface area contributed by atoms with E-state index >= 15 is 0 Å². The molecule has 0 amide bonds. The highest BCUT2D eigenvalue weighted by Crippen LogP contribution is 2.18. The quantitative estimate of drug-likeness (QED) is 0.722. The molecule has 2 heterocycles. The lowest BCUT2D eigenvalue weighted by atomic mass is 10.0. The standard InChI is InChI=1S/C16H16N4O2/c1-3-12-14(19-16(22)18-12)15(21)11-4-5-13(10(2)8-11)20-7-6-17-9-20/h4-9H,3H2,1-2H3,(H2,18,19,22). The van der Waals surface area contributed by atoms with Crippen LogP contribution in [0.5, 0.6) is 0 Å². The molecule has 22 heavy (non-hydrogen) atoms. The van der Waals surface area contributed by atoms with Crippen molar-refractivity contribution in [1.29, 1.82) is 0 Å². The molecule has 0 fully saturated rings. The van der Waals surface area contributed by atoms with Gasteiger partial charge in [0.05, 0.1) is 6.33 Å². The number of hydrogen-bond acceptors (Lipinski definition) is 3. The van der Waals surface area contributed by atoms with Crippen molar-refractivity contribution in [3.8, 4) is 5.69 Å². The minimum atomic E-state index is -0.355. The molecule has 112 valence electrons. The number of ketones is 1. The molecule has 3 rings (SSSR count). The van der Waals surface area contributed by atoms with Gasteiger partial charge in [0, 0.05) is 29.3 Å². The van der Waals surface area contributed by atoms with Crippen molar-refractivity contribution in [2.24, 2.45) is 0 Å². The minimum Gasteiger partial charge on any atom is -0.309 e. The summed E-state index contributed by atoms with van der Waals surface area (Å²) in [7, 11) is 0. The first-order valence-corrected chi connectivity index (χ1v) is 7.05. The molecule has 0 aliphatic rings. The highest BCUT2D eigenvalue weighted by atomic mass is 16.1. The Morgan fingerprint density at radius 1 is 1.32 bits per heavy atom. The van der Waals surface area contributed by atoms with Gasteiger partial charge in [0.15, 0.2) is 0 Å². The van der Waals surface area contributed by atoms with E-state index < -0.39 is 0 Å². The Balaban J connectivity index is 2.00. The van der Waals surface area contributed by atoms with Crippen LogP contribution in [0.2, 0.25) is 0 Å². The lowest BCUT2D eigenvalue weighted by Crippen LogP contribution is -2.08. The number of nitrogens with one attached hydrogen (secondary N) is 2. The summed E-state index contributed by atoms with van der Waals surface area (Å²) in [6.07, 6.45) is 5.85. The van der Waals surface area contributed by atoms with Gasteiger partial charge in [0.2, 0.25) is 5.78 Å². The molecular formula is C16H16N4O2. The third-order valence-corrected chi connectivity index (χ3v) is 3.63. The van der Waals surface area contributed by atoms with Crippen LogP contribution in [0.4, 0.5) is 0 Å². The normalized spacial score (nSPS) is 10.8. The monoisotopic (exact) mass is 296 g/mol. The van der Waals surface area contributed by atoms with Gasteiger partial charge in [0.1, 0.15) is 5.69 Å². The second-order valence-electron chi connectivity index (χ2n) is 5.09. The number of rotatable bonds is 4. The van der Waals surface area contributed by atoms with E-state index in [9.17, 15) is 9.59 Å². The molecule has 0 aliphatic heterocycles. The summed E-state index contributed by atoms with van der Waals surface area (Å²) >= 11 is 0. The zero-order chi connectivity index (χ0) is 15.7. The van der Waals surface area contributed by atoms with E-state index in [1.54, 1.807) is 18.6 Å². The van der Waals surface area contributed by atoms with E-state index in [1.807, 2.05) is 36.7 Å². The highest BCUT2D eigenvalue weighted by molar-refractivity contribution is 6.08. The summed E-state index contributed by atoms with van der Waals surface area (Å²) in [4.78, 5) is 33.2. The van der Waals surface area contributed by atoms with Gasteiger partial charge in [-0.15, -0.1) is 0 Å². The molecular weight excluding hydrogens is 280 g/mol. The number of benzene rings is 1. The van der Waals surface area contributed by atoms with Gasteiger partial charge in [-0.3, -0.25) is 4.79 Å². The van der Waals surface area contributed by atoms with Crippen LogP contribution in [-0.4, -0.2) is 25.3 Å². The van der Waals surface area contributed by atoms with E-state index in [1.165, 1.54) is 0 Å². The van der Waals surface area contributed by atoms with Crippen LogP contribution < -0.4 is 5.69 Å². The smallest absolute Gasteiger partial charge is 0.309 e. The minimum absolute atomic E-state index is 0.185. The molecule has 0 saturated carbocycles. The van der Waals surface area contributed by atoms with Gasteiger partial charge >= 0.3 is 5.69 Å². The van der Waals surface area contributed by atoms with Crippen LogP contribution in [0.3, 0.4) is 0 Å². The number of nitrogens with zero attached hydrogens (tertiary/aromatic N) is 2. The number of aromatic amines is 2. The molecule has 3 aromatic rings. The van der Waals surface area contributed by atoms with Crippen molar-refractivity contribution in [2.75, 3.05) is 0 Å². The number of hydrogen-bond donors (Lipinski definition) is 2. The predicted octanol–water partition coefficient (Wildman–Crippen LogP) is 1.99. The molecule has 0 bridgehead atoms. The average molecular weight is 296 g/mol. The molecule has 0 radical (unpaired) electrons. The zero-order valence-electron chi connectivity index (χ0n) is 12.4. The molecule has 2 aromatic heterocycles. The summed E-state index contributed by atoms with van der Waals surface area (Å²) in [5, 5.41) is 0. The molecule has 1 aromatic carbocycles. The first kappa shape index (κ1) is 14.1. The number of carbonyl (C=O) groups excluding carboxylic acids is 1. The van der Waals surface area contributed by atoms with Crippen LogP contribution >= 0.6 is 0 Å². The third-order valence-electron chi connectivity index (χ3n) is 3.63. The molecule has 0 unspecified atom stereocenters. The summed E-state index contributed by atoms with van der Waals surface area (Å²) in [5.74, 6) is -0.185. The van der Waals surface area contributed by atoms with Crippen molar-refractivity contribution in [2.45, 2.75) is 20.3 Å². The van der Waals surface area contributed by atoms with Crippen LogP contribution in [0.15, 0.2) is 41.7 Å². The van der Waals surface area contributed by atoms with Crippen LogP contribution in [-0.2, 0) is 6.42 Å². The van der Waals surface area contributed by atoms with E-state index in [2.05, 4.69) is 15.0 Å². The van der Waals surface area contributed by atoms with Crippen LogP contribution in [0, 0.1) is 6.92 Å². The SMILES string of the molecule is CCc1[nH]c(=O)[nH]c1C(=O)c1ccc(-n2ccnc2)c(C)c1. The second-order valence-corrected chi connectivity index (χ2v) is 5.09. The lowest BCUT2D eigenvalue weighted by Gasteiger charge is -2.08. The van der Waals surface area contributed by atoms with Crippen LogP contribution in [0.25, 0.3) is 5.69 Å². The van der Waals surface area contributed by atoms with Crippen molar-refractivity contribution in [1.82, 2.24) is 19.5 Å². The Labute approximate surface area is 126 Å². The Bertz CT molecular complexity index is 872. The van der Waals surface area contributed by atoms with E-state index in [-0.39, 0.29) is 11.5 Å². The molecule has 6 nitrogen and oxygen atoms in total. The van der Waals surface area contributed by atoms with Gasteiger partial charge < -0.3 is 14.5 Å². The number of carbonyl (C=O) groups is 1. The molecule has 6 heteroatoms. The first-order valence-electron chi connectivity index (χ1n) is 7.05. The number of H-pyrrole nitrogens is 2. The summed E-state index contributed by atoms with van der Waals surface area (Å²) in [6.45, 7) is 3.83. The summed E-state index contributed by atoms with van der Waals surface area (Å²) in [6, 6.07) is 5.46. The average Bonchev–Trinajstić information content (AvgIpc) is 3.15. The Hall–Kier alpha value is -2.89. The predicted molar refractivity (Wildman–Crippen MR) is 82.5 cm³/mol. The molecule has 2 N–H and O–H groups in total. The van der Waals surface area contributed by atoms with Gasteiger partial charge in [0.25, 0.3) is 0 Å². The van der Waals surface area contributed by atoms with Gasteiger partial charge in [-0.2, -0.15) is 0 Å². The van der Waals surface area contributed by atoms with Crippen molar-refractivity contribution in [3.63, 3.8) is 0 Å². The maximum Gasteiger partial charge on any atom is 0.323 e. The Morgan fingerprint density at radius 2 is 2.14 bits per heavy atom. The number of aryl methyl sites for hydroxylation is 2. The van der Waals surface area contributed by atoms with Crippen LogP contribution in [0.1, 0.15) is 34.2 Å². The van der Waals surface area contributed by atoms with Gasteiger partial charge in [-0.1, -0.05) is 6.92 Å². The maximum atomic E-state index is 12.6. The zero-order valence-corrected chi connectivity index (χ0v) is 12.4. The fourth-order valence-corrected chi connectivity index (χ4v) is 2.51. The van der Waals surface area contributed by atoms with E-state index in [0.717, 1.165) is 11.3 Å². The van der Waals surface area contributed by atoms with E-state index in [4.69, 9.17) is 0 Å². The third kappa shape index (κ3) is 2.39. The Morgan fingerprint density at radius 3 is 2.77 bits per heavy atom. The van der Waals surface area contributed by atoms with E-state index in [0.29, 0.717) is 23.4 Å². The van der Waals surface area contributed by atoms with Crippen molar-refractivity contribution < 1.29 is 4.79 Å². The molecule has 0 spiro atoms. The lowest BCUT2D eigenvalue weighted by molar-refractivity contribution is 0.103. The summed E-state index contributed by atoms with van der Waals surface area (Å²) < 4.78 is 1.89. The van der Waals surface area contributed by atoms with Gasteiger partial charge in [-0.25, -0.2) is 9.78 Å². The number of aromatic nitrogens is 4. The molecule has 0 aliphatic carbocycles. The van der Waals surface area contributed by atoms with Crippen molar-refractivity contribution >= 4 is 5.78 Å². The molecule has 0 saturated heterocycles. The highest BCUT2D eigenvalue weighted by Gasteiger charge is 2.17. The summed E-state index contributed by atoms with van der Waals surface area (Å²) in [5.41, 5.74) is 3.08. The maximum absolute atomic E-state index is 12.6. The largest absolute Gasteiger partial charge is 0.323 e. The second kappa shape index (κ2) is 5.48. The number of imidazole rings is 2. The fraction of sp³-hybridized carbons (Fsp3) is 0.188. The molecule has 0 atom stereocenters.